The van der Waals surface area contributed by atoms with Gasteiger partial charge in [0.25, 0.3) is 0 Å². The van der Waals surface area contributed by atoms with Crippen LogP contribution in [0.15, 0.2) is 29.2 Å². The molecule has 0 amide bonds. The molecule has 5 nitrogen and oxygen atoms in total. The maximum Gasteiger partial charge on any atom is 0.242 e. The van der Waals surface area contributed by atoms with Crippen LogP contribution >= 0.6 is 0 Å². The number of hydrogen-bond donors (Lipinski definition) is 3. The number of aliphatic hydroxyl groups is 1. The Balaban J connectivity index is 3.05. The summed E-state index contributed by atoms with van der Waals surface area (Å²) in [6, 6.07) is 6.80. The molecule has 0 aromatic heterocycles. The first-order chi connectivity index (χ1) is 9.32. The molecular weight excluding hydrogens is 276 g/mol. The maximum atomic E-state index is 12.3. The van der Waals surface area contributed by atoms with E-state index in [0.29, 0.717) is 18.7 Å². The Morgan fingerprint density at radius 2 is 1.90 bits per heavy atom. The molecule has 0 saturated heterocycles. The van der Waals surface area contributed by atoms with Crippen LogP contribution in [0.5, 0.6) is 0 Å². The molecule has 0 radical (unpaired) electrons. The normalized spacial score (nSPS) is 12.4. The standard InChI is InChI=1S/C14H24N2O3S/c1-4-10-15-20(18,19)13-8-6-5-7-12(13)16-14(2,3)9-11-17/h5-8,15-17H,4,9-11H2,1-3H3. The second-order valence-electron chi connectivity index (χ2n) is 5.38. The van der Waals surface area contributed by atoms with Crippen molar-refractivity contribution in [3.05, 3.63) is 24.3 Å². The lowest BCUT2D eigenvalue weighted by molar-refractivity contribution is 0.260. The summed E-state index contributed by atoms with van der Waals surface area (Å²) in [4.78, 5) is 0.236. The SMILES string of the molecule is CCCNS(=O)(=O)c1ccccc1NC(C)(C)CCO. The predicted molar refractivity (Wildman–Crippen MR) is 81.3 cm³/mol. The molecule has 3 N–H and O–H groups in total. The number of rotatable bonds is 8. The largest absolute Gasteiger partial charge is 0.396 e. The van der Waals surface area contributed by atoms with E-state index in [1.807, 2.05) is 20.8 Å². The smallest absolute Gasteiger partial charge is 0.242 e. The summed E-state index contributed by atoms with van der Waals surface area (Å²) in [5.74, 6) is 0. The summed E-state index contributed by atoms with van der Waals surface area (Å²) >= 11 is 0. The van der Waals surface area contributed by atoms with Gasteiger partial charge in [-0.05, 0) is 38.8 Å². The quantitative estimate of drug-likeness (QED) is 0.685. The molecule has 1 rings (SSSR count). The van der Waals surface area contributed by atoms with Crippen molar-refractivity contribution in [2.24, 2.45) is 0 Å². The van der Waals surface area contributed by atoms with E-state index in [-0.39, 0.29) is 17.0 Å². The molecule has 0 fully saturated rings. The molecule has 114 valence electrons. The van der Waals surface area contributed by atoms with Gasteiger partial charge in [0.15, 0.2) is 0 Å². The Kier molecular flexibility index (Phi) is 5.98. The average molecular weight is 300 g/mol. The molecule has 1 aromatic carbocycles. The van der Waals surface area contributed by atoms with Gasteiger partial charge in [-0.1, -0.05) is 19.1 Å². The monoisotopic (exact) mass is 300 g/mol. The Labute approximate surface area is 121 Å². The molecule has 1 aromatic rings. The van der Waals surface area contributed by atoms with Crippen molar-refractivity contribution in [1.82, 2.24) is 4.72 Å². The van der Waals surface area contributed by atoms with Crippen molar-refractivity contribution in [2.75, 3.05) is 18.5 Å². The zero-order valence-corrected chi connectivity index (χ0v) is 13.1. The highest BCUT2D eigenvalue weighted by molar-refractivity contribution is 7.89. The van der Waals surface area contributed by atoms with E-state index in [4.69, 9.17) is 5.11 Å². The highest BCUT2D eigenvalue weighted by Gasteiger charge is 2.22. The van der Waals surface area contributed by atoms with Gasteiger partial charge in [0.2, 0.25) is 10.0 Å². The van der Waals surface area contributed by atoms with Crippen molar-refractivity contribution < 1.29 is 13.5 Å². The van der Waals surface area contributed by atoms with E-state index in [9.17, 15) is 8.42 Å². The summed E-state index contributed by atoms with van der Waals surface area (Å²) < 4.78 is 27.1. The fourth-order valence-corrected chi connectivity index (χ4v) is 3.12. The highest BCUT2D eigenvalue weighted by Crippen LogP contribution is 2.25. The zero-order chi connectivity index (χ0) is 15.2. The molecule has 0 heterocycles. The van der Waals surface area contributed by atoms with E-state index >= 15 is 0 Å². The molecule has 6 heteroatoms. The van der Waals surface area contributed by atoms with Crippen LogP contribution in [-0.2, 0) is 10.0 Å². The number of benzene rings is 1. The molecule has 0 spiro atoms. The summed E-state index contributed by atoms with van der Waals surface area (Å²) in [6.45, 7) is 6.22. The second-order valence-corrected chi connectivity index (χ2v) is 7.11. The van der Waals surface area contributed by atoms with Crippen LogP contribution in [0.1, 0.15) is 33.6 Å². The van der Waals surface area contributed by atoms with Gasteiger partial charge in [0.1, 0.15) is 4.90 Å². The highest BCUT2D eigenvalue weighted by atomic mass is 32.2. The summed E-state index contributed by atoms with van der Waals surface area (Å²) in [5.41, 5.74) is 0.167. The van der Waals surface area contributed by atoms with E-state index < -0.39 is 10.0 Å². The third-order valence-corrected chi connectivity index (χ3v) is 4.45. The minimum Gasteiger partial charge on any atom is -0.396 e. The van der Waals surface area contributed by atoms with Gasteiger partial charge in [0, 0.05) is 18.7 Å². The van der Waals surface area contributed by atoms with E-state index in [1.54, 1.807) is 24.3 Å². The number of nitrogens with one attached hydrogen (secondary N) is 2. The van der Waals surface area contributed by atoms with Crippen LogP contribution < -0.4 is 10.0 Å². The molecule has 0 aliphatic heterocycles. The molecule has 20 heavy (non-hydrogen) atoms. The summed E-state index contributed by atoms with van der Waals surface area (Å²) in [5, 5.41) is 12.2. The van der Waals surface area contributed by atoms with E-state index in [0.717, 1.165) is 6.42 Å². The third kappa shape index (κ3) is 4.77. The van der Waals surface area contributed by atoms with Crippen molar-refractivity contribution in [3.63, 3.8) is 0 Å². The predicted octanol–water partition coefficient (Wildman–Crippen LogP) is 1.95. The van der Waals surface area contributed by atoms with Gasteiger partial charge < -0.3 is 10.4 Å². The van der Waals surface area contributed by atoms with Crippen LogP contribution in [-0.4, -0.2) is 32.2 Å². The van der Waals surface area contributed by atoms with Crippen molar-refractivity contribution in [2.45, 2.75) is 44.0 Å². The number of anilines is 1. The molecule has 0 aliphatic carbocycles. The third-order valence-electron chi connectivity index (χ3n) is 2.93. The molecule has 0 atom stereocenters. The topological polar surface area (TPSA) is 78.4 Å². The molecule has 0 aliphatic rings. The molecule has 0 bridgehead atoms. The van der Waals surface area contributed by atoms with E-state index in [2.05, 4.69) is 10.0 Å². The summed E-state index contributed by atoms with van der Waals surface area (Å²) in [7, 11) is -3.52. The fourth-order valence-electron chi connectivity index (χ4n) is 1.82. The number of hydrogen-bond acceptors (Lipinski definition) is 4. The second kappa shape index (κ2) is 7.06. The van der Waals surface area contributed by atoms with Gasteiger partial charge in [-0.3, -0.25) is 0 Å². The Bertz CT molecular complexity index is 527. The van der Waals surface area contributed by atoms with Crippen molar-refractivity contribution in [3.8, 4) is 0 Å². The van der Waals surface area contributed by atoms with E-state index in [1.165, 1.54) is 0 Å². The van der Waals surface area contributed by atoms with Gasteiger partial charge >= 0.3 is 0 Å². The maximum absolute atomic E-state index is 12.3. The van der Waals surface area contributed by atoms with Crippen molar-refractivity contribution >= 4 is 15.7 Å². The summed E-state index contributed by atoms with van der Waals surface area (Å²) in [6.07, 6.45) is 1.27. The Morgan fingerprint density at radius 1 is 1.25 bits per heavy atom. The van der Waals surface area contributed by atoms with Crippen LogP contribution in [0, 0.1) is 0 Å². The zero-order valence-electron chi connectivity index (χ0n) is 12.3. The molecular formula is C14H24N2O3S. The van der Waals surface area contributed by atoms with Gasteiger partial charge in [-0.15, -0.1) is 0 Å². The number of sulfonamides is 1. The van der Waals surface area contributed by atoms with Crippen LogP contribution in [0.3, 0.4) is 0 Å². The van der Waals surface area contributed by atoms with Crippen LogP contribution in [0.4, 0.5) is 5.69 Å². The lowest BCUT2D eigenvalue weighted by Gasteiger charge is -2.28. The Hall–Kier alpha value is -1.11. The number of para-hydroxylation sites is 1. The minimum absolute atomic E-state index is 0.0446. The lowest BCUT2D eigenvalue weighted by Crippen LogP contribution is -2.33. The lowest BCUT2D eigenvalue weighted by atomic mass is 10.0. The van der Waals surface area contributed by atoms with Gasteiger partial charge in [0.05, 0.1) is 5.69 Å². The first kappa shape index (κ1) is 16.9. The van der Waals surface area contributed by atoms with Gasteiger partial charge in [-0.2, -0.15) is 0 Å². The Morgan fingerprint density at radius 3 is 2.50 bits per heavy atom. The van der Waals surface area contributed by atoms with Crippen molar-refractivity contribution in [1.29, 1.82) is 0 Å². The van der Waals surface area contributed by atoms with Crippen LogP contribution in [0.25, 0.3) is 0 Å². The van der Waals surface area contributed by atoms with Gasteiger partial charge in [-0.25, -0.2) is 13.1 Å². The minimum atomic E-state index is -3.52. The molecule has 0 unspecified atom stereocenters. The first-order valence-corrected chi connectivity index (χ1v) is 8.28. The van der Waals surface area contributed by atoms with Crippen LogP contribution in [0.2, 0.25) is 0 Å². The average Bonchev–Trinajstić information content (AvgIpc) is 2.36. The first-order valence-electron chi connectivity index (χ1n) is 6.80. The number of aliphatic hydroxyl groups excluding tert-OH is 1. The molecule has 0 saturated carbocycles. The fraction of sp³-hybridized carbons (Fsp3) is 0.571.